The Kier molecular flexibility index (Phi) is 6.20. The molecule has 1 aromatic rings. The van der Waals surface area contributed by atoms with E-state index in [0.29, 0.717) is 29.8 Å². The van der Waals surface area contributed by atoms with Crippen LogP contribution in [-0.4, -0.2) is 23.1 Å². The number of amides is 1. The maximum atomic E-state index is 12.4. The molecule has 2 aliphatic carbocycles. The van der Waals surface area contributed by atoms with Crippen LogP contribution in [0.1, 0.15) is 80.7 Å². The van der Waals surface area contributed by atoms with E-state index in [4.69, 9.17) is 4.74 Å². The summed E-state index contributed by atoms with van der Waals surface area (Å²) in [7, 11) is 0. The van der Waals surface area contributed by atoms with Gasteiger partial charge < -0.3 is 14.6 Å². The number of aromatic nitrogens is 1. The molecule has 3 rings (SSSR count). The van der Waals surface area contributed by atoms with Crippen LogP contribution in [0.2, 0.25) is 0 Å². The van der Waals surface area contributed by atoms with E-state index >= 15 is 0 Å². The number of hydrogen-bond donors (Lipinski definition) is 1. The molecule has 2 aliphatic rings. The lowest BCUT2D eigenvalue weighted by Gasteiger charge is -2.19. The number of carbonyl (C=O) groups is 2. The number of hydrogen-bond acceptors (Lipinski definition) is 4. The summed E-state index contributed by atoms with van der Waals surface area (Å²) < 4.78 is 7.27. The molecule has 146 valence electrons. The first-order valence-electron chi connectivity index (χ1n) is 10.1. The predicted molar refractivity (Wildman–Crippen MR) is 102 cm³/mol. The fraction of sp³-hybridized carbons (Fsp3) is 0.667. The van der Waals surface area contributed by atoms with Crippen LogP contribution >= 0.6 is 0 Å². The van der Waals surface area contributed by atoms with E-state index in [1.807, 2.05) is 13.8 Å². The van der Waals surface area contributed by atoms with Crippen molar-refractivity contribution in [3.05, 3.63) is 16.8 Å². The van der Waals surface area contributed by atoms with Crippen LogP contribution in [0.15, 0.2) is 0 Å². The summed E-state index contributed by atoms with van der Waals surface area (Å²) in [6.07, 6.45) is 9.31. The topological polar surface area (TPSA) is 84.1 Å². The first-order valence-corrected chi connectivity index (χ1v) is 10.1. The van der Waals surface area contributed by atoms with Crippen molar-refractivity contribution in [3.63, 3.8) is 0 Å². The van der Waals surface area contributed by atoms with Crippen LogP contribution in [0.3, 0.4) is 0 Å². The molecule has 0 saturated heterocycles. The monoisotopic (exact) mass is 371 g/mol. The van der Waals surface area contributed by atoms with E-state index in [0.717, 1.165) is 49.8 Å². The molecule has 0 bridgehead atoms. The smallest absolute Gasteiger partial charge is 0.306 e. The largest absolute Gasteiger partial charge is 0.456 e. The Labute approximate surface area is 160 Å². The van der Waals surface area contributed by atoms with E-state index < -0.39 is 0 Å². The van der Waals surface area contributed by atoms with Gasteiger partial charge in [0.25, 0.3) is 5.91 Å². The Balaban J connectivity index is 1.65. The first-order chi connectivity index (χ1) is 13.0. The number of carbonyl (C=O) groups excluding carboxylic acids is 2. The average Bonchev–Trinajstić information content (AvgIpc) is 3.37. The van der Waals surface area contributed by atoms with Gasteiger partial charge in [0.2, 0.25) is 0 Å². The molecule has 2 saturated carbocycles. The molecule has 1 aromatic heterocycles. The molecule has 0 aliphatic heterocycles. The maximum Gasteiger partial charge on any atom is 0.306 e. The summed E-state index contributed by atoms with van der Waals surface area (Å²) in [5.74, 6) is 0.256. The lowest BCUT2D eigenvalue weighted by atomic mass is 10.1. The minimum atomic E-state index is -0.386. The van der Waals surface area contributed by atoms with E-state index in [1.54, 1.807) is 0 Å². The SMILES string of the molecule is Cc1c(C#N)c(NC(=O)COC(=O)CC2CCCC2)n(C2CCCC2)c1C. The fourth-order valence-electron chi connectivity index (χ4n) is 4.53. The van der Waals surface area contributed by atoms with Crippen LogP contribution < -0.4 is 5.32 Å². The van der Waals surface area contributed by atoms with E-state index in [-0.39, 0.29) is 18.5 Å². The minimum Gasteiger partial charge on any atom is -0.456 e. The lowest BCUT2D eigenvalue weighted by Crippen LogP contribution is -2.24. The van der Waals surface area contributed by atoms with Gasteiger partial charge in [-0.05, 0) is 51.0 Å². The molecular formula is C21H29N3O3. The summed E-state index contributed by atoms with van der Waals surface area (Å²) in [4.78, 5) is 24.4. The Bertz CT molecular complexity index is 748. The predicted octanol–water partition coefficient (Wildman–Crippen LogP) is 4.15. The number of anilines is 1. The first kappa shape index (κ1) is 19.5. The number of esters is 1. The Morgan fingerprint density at radius 2 is 1.78 bits per heavy atom. The Morgan fingerprint density at radius 1 is 1.15 bits per heavy atom. The molecule has 0 aromatic carbocycles. The molecule has 1 amide bonds. The van der Waals surface area contributed by atoms with Crippen molar-refractivity contribution >= 4 is 17.7 Å². The summed E-state index contributed by atoms with van der Waals surface area (Å²) in [6.45, 7) is 3.60. The van der Waals surface area contributed by atoms with Crippen LogP contribution in [0.25, 0.3) is 0 Å². The second-order valence-electron chi connectivity index (χ2n) is 7.92. The highest BCUT2D eigenvalue weighted by atomic mass is 16.5. The van der Waals surface area contributed by atoms with Gasteiger partial charge in [0.1, 0.15) is 11.9 Å². The molecule has 0 radical (unpaired) electrons. The molecule has 6 heteroatoms. The quantitative estimate of drug-likeness (QED) is 0.761. The molecule has 27 heavy (non-hydrogen) atoms. The van der Waals surface area contributed by atoms with E-state index in [2.05, 4.69) is 16.0 Å². The standard InChI is InChI=1S/C21H29N3O3/c1-14-15(2)24(17-9-5-6-10-17)21(18(14)12-22)23-19(25)13-27-20(26)11-16-7-3-4-8-16/h16-17H,3-11,13H2,1-2H3,(H,23,25). The van der Waals surface area contributed by atoms with Crippen LogP contribution in [0, 0.1) is 31.1 Å². The van der Waals surface area contributed by atoms with Crippen LogP contribution in [-0.2, 0) is 14.3 Å². The third-order valence-corrected chi connectivity index (χ3v) is 6.11. The van der Waals surface area contributed by atoms with Gasteiger partial charge in [-0.1, -0.05) is 25.7 Å². The zero-order chi connectivity index (χ0) is 19.4. The van der Waals surface area contributed by atoms with Gasteiger partial charge in [-0.2, -0.15) is 5.26 Å². The molecule has 1 N–H and O–H groups in total. The highest BCUT2D eigenvalue weighted by molar-refractivity contribution is 5.93. The van der Waals surface area contributed by atoms with Crippen molar-refractivity contribution in [1.82, 2.24) is 4.57 Å². The van der Waals surface area contributed by atoms with Gasteiger partial charge >= 0.3 is 5.97 Å². The summed E-state index contributed by atoms with van der Waals surface area (Å²) in [6, 6.07) is 2.53. The number of nitriles is 1. The number of ether oxygens (including phenoxy) is 1. The van der Waals surface area contributed by atoms with Gasteiger partial charge in [0.15, 0.2) is 6.61 Å². The van der Waals surface area contributed by atoms with Crippen molar-refractivity contribution in [2.45, 2.75) is 77.7 Å². The van der Waals surface area contributed by atoms with Gasteiger partial charge in [-0.25, -0.2) is 0 Å². The third kappa shape index (κ3) is 4.35. The second-order valence-corrected chi connectivity index (χ2v) is 7.92. The minimum absolute atomic E-state index is 0.301. The van der Waals surface area contributed by atoms with Crippen molar-refractivity contribution in [1.29, 1.82) is 5.26 Å². The zero-order valence-corrected chi connectivity index (χ0v) is 16.3. The Morgan fingerprint density at radius 3 is 2.41 bits per heavy atom. The highest BCUT2D eigenvalue weighted by Gasteiger charge is 2.27. The van der Waals surface area contributed by atoms with Crippen molar-refractivity contribution in [2.24, 2.45) is 5.92 Å². The molecule has 2 fully saturated rings. The van der Waals surface area contributed by atoms with Crippen molar-refractivity contribution in [3.8, 4) is 6.07 Å². The molecular weight excluding hydrogens is 342 g/mol. The summed E-state index contributed by atoms with van der Waals surface area (Å²) in [5.41, 5.74) is 2.43. The normalized spacial score (nSPS) is 17.8. The summed E-state index contributed by atoms with van der Waals surface area (Å²) in [5, 5.41) is 12.4. The zero-order valence-electron chi connectivity index (χ0n) is 16.3. The lowest BCUT2D eigenvalue weighted by molar-refractivity contribution is -0.148. The Hall–Kier alpha value is -2.29. The van der Waals surface area contributed by atoms with Gasteiger partial charge in [0, 0.05) is 18.2 Å². The molecule has 0 spiro atoms. The van der Waals surface area contributed by atoms with Gasteiger partial charge in [-0.3, -0.25) is 9.59 Å². The number of rotatable bonds is 6. The summed E-state index contributed by atoms with van der Waals surface area (Å²) >= 11 is 0. The third-order valence-electron chi connectivity index (χ3n) is 6.11. The average molecular weight is 371 g/mol. The second kappa shape index (κ2) is 8.60. The molecule has 0 unspecified atom stereocenters. The van der Waals surface area contributed by atoms with Gasteiger partial charge in [-0.15, -0.1) is 0 Å². The van der Waals surface area contributed by atoms with Crippen LogP contribution in [0.4, 0.5) is 5.82 Å². The molecule has 6 nitrogen and oxygen atoms in total. The molecule has 0 atom stereocenters. The van der Waals surface area contributed by atoms with Crippen molar-refractivity contribution < 1.29 is 14.3 Å². The van der Waals surface area contributed by atoms with E-state index in [1.165, 1.54) is 12.8 Å². The van der Waals surface area contributed by atoms with Crippen LogP contribution in [0.5, 0.6) is 0 Å². The number of nitrogens with zero attached hydrogens (tertiary/aromatic N) is 2. The van der Waals surface area contributed by atoms with Crippen molar-refractivity contribution in [2.75, 3.05) is 11.9 Å². The van der Waals surface area contributed by atoms with Gasteiger partial charge in [0.05, 0.1) is 5.56 Å². The maximum absolute atomic E-state index is 12.4. The fourth-order valence-corrected chi connectivity index (χ4v) is 4.53. The molecule has 1 heterocycles. The van der Waals surface area contributed by atoms with E-state index in [9.17, 15) is 14.9 Å². The highest BCUT2D eigenvalue weighted by Crippen LogP contribution is 2.37. The number of nitrogens with one attached hydrogen (secondary N) is 1.